The molecule has 0 atom stereocenters. The zero-order chi connectivity index (χ0) is 23.2. The van der Waals surface area contributed by atoms with Crippen LogP contribution in [0.4, 0.5) is 5.69 Å². The third-order valence-electron chi connectivity index (χ3n) is 6.02. The van der Waals surface area contributed by atoms with E-state index in [1.165, 1.54) is 19.2 Å². The monoisotopic (exact) mass is 465 g/mol. The number of amides is 1. The lowest BCUT2D eigenvalue weighted by atomic mass is 9.94. The van der Waals surface area contributed by atoms with Crippen molar-refractivity contribution < 1.29 is 27.4 Å². The van der Waals surface area contributed by atoms with Crippen molar-refractivity contribution in [1.82, 2.24) is 5.14 Å². The lowest BCUT2D eigenvalue weighted by Gasteiger charge is -2.18. The molecule has 0 aromatic heterocycles. The molecule has 0 unspecified atom stereocenters. The number of methoxy groups -OCH3 is 1. The summed E-state index contributed by atoms with van der Waals surface area (Å²) >= 11 is 0. The van der Waals surface area contributed by atoms with Gasteiger partial charge in [-0.05, 0) is 66.4 Å². The van der Waals surface area contributed by atoms with Gasteiger partial charge in [0.15, 0.2) is 11.5 Å². The lowest BCUT2D eigenvalue weighted by Crippen LogP contribution is -2.27. The molecule has 0 bridgehead atoms. The molecule has 1 radical (unpaired) electrons. The zero-order valence-electron chi connectivity index (χ0n) is 17.8. The van der Waals surface area contributed by atoms with Crippen molar-refractivity contribution in [3.63, 3.8) is 0 Å². The smallest absolute Gasteiger partial charge is 0.254 e. The number of hydrogen-bond acceptors (Lipinski definition) is 6. The Kier molecular flexibility index (Phi) is 5.02. The normalized spacial score (nSPS) is 15.7. The molecule has 8 nitrogen and oxygen atoms in total. The van der Waals surface area contributed by atoms with Crippen molar-refractivity contribution in [2.24, 2.45) is 0 Å². The topological polar surface area (TPSA) is 115 Å². The van der Waals surface area contributed by atoms with E-state index >= 15 is 0 Å². The molecule has 0 saturated heterocycles. The van der Waals surface area contributed by atoms with E-state index in [-0.39, 0.29) is 17.6 Å². The highest BCUT2D eigenvalue weighted by molar-refractivity contribution is 7.88. The molecule has 1 fully saturated rings. The lowest BCUT2D eigenvalue weighted by molar-refractivity contribution is -0.118. The van der Waals surface area contributed by atoms with Crippen LogP contribution >= 0.6 is 0 Å². The van der Waals surface area contributed by atoms with Crippen LogP contribution in [0.15, 0.2) is 65.6 Å². The van der Waals surface area contributed by atoms with Crippen molar-refractivity contribution in [1.29, 1.82) is 0 Å². The number of rotatable bonds is 6. The van der Waals surface area contributed by atoms with E-state index in [0.717, 1.165) is 18.4 Å². The Bertz CT molecular complexity index is 1370. The van der Waals surface area contributed by atoms with Crippen molar-refractivity contribution in [3.05, 3.63) is 66.2 Å². The van der Waals surface area contributed by atoms with Crippen LogP contribution in [-0.4, -0.2) is 28.2 Å². The van der Waals surface area contributed by atoms with Gasteiger partial charge in [0.1, 0.15) is 5.75 Å². The second-order valence-corrected chi connectivity index (χ2v) is 9.53. The summed E-state index contributed by atoms with van der Waals surface area (Å²) in [6, 6.07) is 16.9. The first-order valence-corrected chi connectivity index (χ1v) is 11.8. The minimum atomic E-state index is -4.11. The van der Waals surface area contributed by atoms with Crippen molar-refractivity contribution in [3.8, 4) is 28.4 Å². The number of fused-ring (bicyclic) bond motifs is 1. The molecule has 1 aliphatic heterocycles. The highest BCUT2D eigenvalue weighted by atomic mass is 32.2. The summed E-state index contributed by atoms with van der Waals surface area (Å²) in [6.07, 6.45) is 1.45. The molecule has 1 saturated carbocycles. The fraction of sp³-hybridized carbons (Fsp3) is 0.208. The van der Waals surface area contributed by atoms with Crippen LogP contribution in [0.2, 0.25) is 0 Å². The molecule has 1 heterocycles. The summed E-state index contributed by atoms with van der Waals surface area (Å²) in [6.45, 7) is 0.176. The van der Waals surface area contributed by atoms with E-state index in [2.05, 4.69) is 5.32 Å². The maximum absolute atomic E-state index is 13.3. The Labute approximate surface area is 191 Å². The van der Waals surface area contributed by atoms with E-state index in [1.807, 2.05) is 18.2 Å². The number of carbonyl (C=O) groups excluding carboxylic acids is 1. The summed E-state index contributed by atoms with van der Waals surface area (Å²) in [7, 11) is -2.59. The van der Waals surface area contributed by atoms with Gasteiger partial charge in [-0.25, -0.2) is 8.42 Å². The largest absolute Gasteiger partial charge is 0.496 e. The van der Waals surface area contributed by atoms with Gasteiger partial charge in [0.2, 0.25) is 12.7 Å². The molecule has 9 heteroatoms. The first-order chi connectivity index (χ1) is 15.8. The van der Waals surface area contributed by atoms with E-state index in [4.69, 9.17) is 19.3 Å². The molecule has 0 spiro atoms. The molecule has 5 rings (SSSR count). The molecule has 169 valence electrons. The number of benzene rings is 3. The van der Waals surface area contributed by atoms with Gasteiger partial charge in [0.25, 0.3) is 10.0 Å². The maximum Gasteiger partial charge on any atom is 0.254 e. The third kappa shape index (κ3) is 3.90. The van der Waals surface area contributed by atoms with Crippen LogP contribution in [0.1, 0.15) is 18.4 Å². The Morgan fingerprint density at radius 3 is 2.55 bits per heavy atom. The van der Waals surface area contributed by atoms with Gasteiger partial charge in [-0.15, -0.1) is 5.14 Å². The minimum Gasteiger partial charge on any atom is -0.496 e. The van der Waals surface area contributed by atoms with E-state index < -0.39 is 15.4 Å². The van der Waals surface area contributed by atoms with Crippen LogP contribution in [0, 0.1) is 0 Å². The van der Waals surface area contributed by atoms with Crippen LogP contribution in [0.5, 0.6) is 17.2 Å². The van der Waals surface area contributed by atoms with Crippen molar-refractivity contribution in [2.45, 2.75) is 23.2 Å². The summed E-state index contributed by atoms with van der Waals surface area (Å²) in [4.78, 5) is 13.2. The van der Waals surface area contributed by atoms with Gasteiger partial charge in [-0.2, -0.15) is 0 Å². The second kappa shape index (κ2) is 7.79. The molecule has 2 N–H and O–H groups in total. The van der Waals surface area contributed by atoms with Gasteiger partial charge in [0.05, 0.1) is 17.4 Å². The molecule has 1 amide bonds. The fourth-order valence-corrected chi connectivity index (χ4v) is 4.60. The van der Waals surface area contributed by atoms with Crippen LogP contribution in [-0.2, 0) is 20.2 Å². The third-order valence-corrected chi connectivity index (χ3v) is 6.90. The first-order valence-electron chi connectivity index (χ1n) is 10.3. The summed E-state index contributed by atoms with van der Waals surface area (Å²) in [5.74, 6) is 1.71. The average molecular weight is 466 g/mol. The molecule has 3 aromatic rings. The SMILES string of the molecule is COc1ccc(NC(=O)C2(c3ccc4c(c3)OCO4)CC2)cc1-c1cccc(S([NH])(=O)=O)c1. The zero-order valence-corrected chi connectivity index (χ0v) is 18.6. The summed E-state index contributed by atoms with van der Waals surface area (Å²) < 4.78 is 39.6. The fourth-order valence-electron chi connectivity index (χ4n) is 4.06. The Morgan fingerprint density at radius 2 is 1.82 bits per heavy atom. The van der Waals surface area contributed by atoms with Crippen LogP contribution in [0.25, 0.3) is 11.1 Å². The molecule has 33 heavy (non-hydrogen) atoms. The van der Waals surface area contributed by atoms with Gasteiger partial charge in [0, 0.05) is 11.3 Å². The number of anilines is 1. The number of sulfonamides is 1. The van der Waals surface area contributed by atoms with Crippen LogP contribution < -0.4 is 24.7 Å². The molecule has 2 aliphatic rings. The highest BCUT2D eigenvalue weighted by Gasteiger charge is 2.51. The Balaban J connectivity index is 1.45. The van der Waals surface area contributed by atoms with E-state index in [1.54, 1.807) is 30.3 Å². The molecule has 1 aliphatic carbocycles. The van der Waals surface area contributed by atoms with Crippen molar-refractivity contribution in [2.75, 3.05) is 19.2 Å². The highest BCUT2D eigenvalue weighted by Crippen LogP contribution is 2.51. The van der Waals surface area contributed by atoms with E-state index in [0.29, 0.717) is 34.1 Å². The number of nitrogens with one attached hydrogen (secondary N) is 2. The van der Waals surface area contributed by atoms with Gasteiger partial charge in [-0.3, -0.25) is 4.79 Å². The van der Waals surface area contributed by atoms with Crippen molar-refractivity contribution >= 4 is 21.6 Å². The number of ether oxygens (including phenoxy) is 3. The number of carbonyl (C=O) groups is 1. The maximum atomic E-state index is 13.3. The molecule has 3 aromatic carbocycles. The standard InChI is InChI=1S/C24H21N2O6S/c1-30-20-8-6-17(13-19(20)15-3-2-4-18(11-15)33(25,28)29)26-23(27)24(9-10-24)16-5-7-21-22(12-16)32-14-31-21/h2-8,11-13,25H,9-10,14H2,1H3,(H,26,27). The molecular weight excluding hydrogens is 444 g/mol. The van der Waals surface area contributed by atoms with Gasteiger partial charge in [-0.1, -0.05) is 18.2 Å². The summed E-state index contributed by atoms with van der Waals surface area (Å²) in [5, 5.41) is 10.3. The average Bonchev–Trinajstić information content (AvgIpc) is 3.49. The Hall–Kier alpha value is -3.56. The van der Waals surface area contributed by atoms with Gasteiger partial charge < -0.3 is 19.5 Å². The predicted molar refractivity (Wildman–Crippen MR) is 121 cm³/mol. The van der Waals surface area contributed by atoms with Crippen LogP contribution in [0.3, 0.4) is 0 Å². The quantitative estimate of drug-likeness (QED) is 0.593. The first kappa shape index (κ1) is 21.3. The van der Waals surface area contributed by atoms with E-state index in [9.17, 15) is 13.2 Å². The number of hydrogen-bond donors (Lipinski definition) is 1. The molecular formula is C24H21N2O6S. The second-order valence-electron chi connectivity index (χ2n) is 8.05. The predicted octanol–water partition coefficient (Wildman–Crippen LogP) is 3.73. The minimum absolute atomic E-state index is 0.115. The Morgan fingerprint density at radius 1 is 1.03 bits per heavy atom. The van der Waals surface area contributed by atoms with Gasteiger partial charge >= 0.3 is 0 Å². The summed E-state index contributed by atoms with van der Waals surface area (Å²) in [5.41, 5.74) is 1.98.